The molecule has 4 heterocycles. The third-order valence-electron chi connectivity index (χ3n) is 6.92. The summed E-state index contributed by atoms with van der Waals surface area (Å²) in [6.07, 6.45) is 6.47. The Morgan fingerprint density at radius 3 is 2.64 bits per heavy atom. The number of hydrogen-bond acceptors (Lipinski definition) is 4. The summed E-state index contributed by atoms with van der Waals surface area (Å²) in [7, 11) is 1.72. The van der Waals surface area contributed by atoms with Gasteiger partial charge in [-0.1, -0.05) is 12.1 Å². The van der Waals surface area contributed by atoms with E-state index in [1.165, 1.54) is 43.5 Å². The van der Waals surface area contributed by atoms with E-state index in [1.807, 2.05) is 6.07 Å². The molecule has 28 heavy (non-hydrogen) atoms. The molecule has 0 unspecified atom stereocenters. The van der Waals surface area contributed by atoms with Gasteiger partial charge >= 0.3 is 0 Å². The van der Waals surface area contributed by atoms with Gasteiger partial charge in [0.15, 0.2) is 0 Å². The fourth-order valence-electron chi connectivity index (χ4n) is 5.73. The van der Waals surface area contributed by atoms with Crippen LogP contribution in [0.3, 0.4) is 0 Å². The summed E-state index contributed by atoms with van der Waals surface area (Å²) in [6.45, 7) is 3.20. The molecule has 0 amide bonds. The minimum absolute atomic E-state index is 0.262. The van der Waals surface area contributed by atoms with Crippen molar-refractivity contribution in [2.24, 2.45) is 11.8 Å². The molecule has 2 aromatic rings. The summed E-state index contributed by atoms with van der Waals surface area (Å²) in [4.78, 5) is 9.51. The minimum Gasteiger partial charge on any atom is -0.497 e. The van der Waals surface area contributed by atoms with Gasteiger partial charge in [0.05, 0.1) is 13.3 Å². The zero-order valence-corrected chi connectivity index (χ0v) is 16.4. The molecule has 2 bridgehead atoms. The Balaban J connectivity index is 1.36. The Hall–Kier alpha value is -2.14. The van der Waals surface area contributed by atoms with Crippen molar-refractivity contribution in [2.45, 2.75) is 37.8 Å². The van der Waals surface area contributed by atoms with Crippen LogP contribution in [-0.4, -0.2) is 42.7 Å². The van der Waals surface area contributed by atoms with Crippen LogP contribution in [0.4, 0.5) is 10.2 Å². The van der Waals surface area contributed by atoms with E-state index >= 15 is 0 Å². The summed E-state index contributed by atoms with van der Waals surface area (Å²) in [6, 6.07) is 13.2. The maximum absolute atomic E-state index is 13.3. The first kappa shape index (κ1) is 17.9. The van der Waals surface area contributed by atoms with Crippen molar-refractivity contribution in [1.82, 2.24) is 9.88 Å². The second-order valence-corrected chi connectivity index (χ2v) is 8.59. The van der Waals surface area contributed by atoms with Gasteiger partial charge < -0.3 is 9.64 Å². The van der Waals surface area contributed by atoms with Crippen molar-refractivity contribution >= 4 is 5.82 Å². The maximum atomic E-state index is 13.3. The molecule has 3 aliphatic rings. The number of methoxy groups -OCH3 is 1. The number of nitrogens with zero attached hydrogens (tertiary/aromatic N) is 3. The summed E-state index contributed by atoms with van der Waals surface area (Å²) in [5.74, 6) is 2.91. The van der Waals surface area contributed by atoms with E-state index in [2.05, 4.69) is 39.0 Å². The van der Waals surface area contributed by atoms with Crippen LogP contribution >= 0.6 is 0 Å². The Labute approximate surface area is 166 Å². The van der Waals surface area contributed by atoms with Gasteiger partial charge in [0.1, 0.15) is 17.4 Å². The standard InChI is InChI=1S/C23H28FN3O/c1-28-20-8-5-17(6-9-20)21-3-2-4-22-18-11-16(14-27(21)22)13-26(15-18)23-10-7-19(24)12-25-23/h5-10,12,16,18,21-22H,2-4,11,13-15H2,1H3/t16-,18+,21+,22-/m0/s1. The number of hydrogen-bond donors (Lipinski definition) is 0. The molecule has 0 aliphatic carbocycles. The lowest BCUT2D eigenvalue weighted by molar-refractivity contribution is -0.0201. The van der Waals surface area contributed by atoms with Crippen LogP contribution in [0.1, 0.15) is 37.3 Å². The van der Waals surface area contributed by atoms with E-state index in [0.717, 1.165) is 31.2 Å². The number of fused-ring (bicyclic) bond motifs is 4. The second-order valence-electron chi connectivity index (χ2n) is 8.59. The van der Waals surface area contributed by atoms with Crippen molar-refractivity contribution in [2.75, 3.05) is 31.6 Å². The van der Waals surface area contributed by atoms with Crippen LogP contribution < -0.4 is 9.64 Å². The Kier molecular flexibility index (Phi) is 4.71. The van der Waals surface area contributed by atoms with Gasteiger partial charge in [-0.2, -0.15) is 0 Å². The SMILES string of the molecule is COc1ccc([C@H]2CCC[C@H]3[C@@H]4C[C@@H](CN(c5ccc(F)cn5)C4)CN23)cc1. The highest BCUT2D eigenvalue weighted by molar-refractivity contribution is 5.39. The summed E-state index contributed by atoms with van der Waals surface area (Å²) in [5, 5.41) is 0. The van der Waals surface area contributed by atoms with Gasteiger partial charge in [-0.3, -0.25) is 4.90 Å². The van der Waals surface area contributed by atoms with Crippen LogP contribution in [0.25, 0.3) is 0 Å². The van der Waals surface area contributed by atoms with E-state index < -0.39 is 0 Å². The Morgan fingerprint density at radius 1 is 1.04 bits per heavy atom. The molecule has 0 saturated carbocycles. The fourth-order valence-corrected chi connectivity index (χ4v) is 5.73. The summed E-state index contributed by atoms with van der Waals surface area (Å²) in [5.41, 5.74) is 1.42. The molecule has 3 saturated heterocycles. The van der Waals surface area contributed by atoms with Crippen LogP contribution in [0.2, 0.25) is 0 Å². The van der Waals surface area contributed by atoms with E-state index in [4.69, 9.17) is 4.74 Å². The lowest BCUT2D eigenvalue weighted by atomic mass is 9.74. The number of aromatic nitrogens is 1. The van der Waals surface area contributed by atoms with Crippen molar-refractivity contribution < 1.29 is 9.13 Å². The van der Waals surface area contributed by atoms with Crippen molar-refractivity contribution in [3.8, 4) is 5.75 Å². The molecule has 148 valence electrons. The molecule has 5 rings (SSSR count). The molecule has 4 atom stereocenters. The number of halogens is 1. The minimum atomic E-state index is -0.262. The van der Waals surface area contributed by atoms with Crippen molar-refractivity contribution in [1.29, 1.82) is 0 Å². The van der Waals surface area contributed by atoms with Gasteiger partial charge in [-0.05, 0) is 67.3 Å². The Bertz CT molecular complexity index is 810. The molecule has 0 spiro atoms. The smallest absolute Gasteiger partial charge is 0.141 e. The third kappa shape index (κ3) is 3.26. The molecule has 1 aromatic carbocycles. The zero-order valence-electron chi connectivity index (χ0n) is 16.4. The first-order valence-corrected chi connectivity index (χ1v) is 10.5. The van der Waals surface area contributed by atoms with Crippen molar-refractivity contribution in [3.63, 3.8) is 0 Å². The van der Waals surface area contributed by atoms with Crippen LogP contribution in [0, 0.1) is 17.7 Å². The van der Waals surface area contributed by atoms with Crippen molar-refractivity contribution in [3.05, 3.63) is 54.0 Å². The predicted octanol–water partition coefficient (Wildman–Crippen LogP) is 4.28. The average molecular weight is 381 g/mol. The van der Waals surface area contributed by atoms with Gasteiger partial charge in [-0.15, -0.1) is 0 Å². The third-order valence-corrected chi connectivity index (χ3v) is 6.92. The molecule has 3 fully saturated rings. The number of ether oxygens (including phenoxy) is 1. The zero-order chi connectivity index (χ0) is 19.1. The van der Waals surface area contributed by atoms with Crippen LogP contribution in [0.5, 0.6) is 5.75 Å². The number of pyridine rings is 1. The number of piperidine rings is 3. The second kappa shape index (κ2) is 7.36. The number of rotatable bonds is 3. The number of benzene rings is 1. The number of anilines is 1. The summed E-state index contributed by atoms with van der Waals surface area (Å²) >= 11 is 0. The first-order valence-electron chi connectivity index (χ1n) is 10.5. The molecular weight excluding hydrogens is 353 g/mol. The van der Waals surface area contributed by atoms with Gasteiger partial charge in [0.25, 0.3) is 0 Å². The first-order chi connectivity index (χ1) is 13.7. The highest BCUT2D eigenvalue weighted by Crippen LogP contribution is 2.45. The van der Waals surface area contributed by atoms with Crippen LogP contribution in [0.15, 0.2) is 42.6 Å². The van der Waals surface area contributed by atoms with Crippen LogP contribution in [-0.2, 0) is 0 Å². The van der Waals surface area contributed by atoms with E-state index in [0.29, 0.717) is 23.9 Å². The predicted molar refractivity (Wildman–Crippen MR) is 108 cm³/mol. The average Bonchev–Trinajstić information content (AvgIpc) is 2.74. The highest BCUT2D eigenvalue weighted by atomic mass is 19.1. The maximum Gasteiger partial charge on any atom is 0.141 e. The van der Waals surface area contributed by atoms with E-state index in [-0.39, 0.29) is 5.82 Å². The van der Waals surface area contributed by atoms with E-state index in [9.17, 15) is 4.39 Å². The topological polar surface area (TPSA) is 28.6 Å². The lowest BCUT2D eigenvalue weighted by Crippen LogP contribution is -2.59. The normalized spacial score (nSPS) is 30.0. The highest BCUT2D eigenvalue weighted by Gasteiger charge is 2.45. The Morgan fingerprint density at radius 2 is 1.89 bits per heavy atom. The van der Waals surface area contributed by atoms with Gasteiger partial charge in [0, 0.05) is 31.7 Å². The van der Waals surface area contributed by atoms with Gasteiger partial charge in [-0.25, -0.2) is 9.37 Å². The molecule has 5 heteroatoms. The largest absolute Gasteiger partial charge is 0.497 e. The quantitative estimate of drug-likeness (QED) is 0.793. The fraction of sp³-hybridized carbons (Fsp3) is 0.522. The van der Waals surface area contributed by atoms with Gasteiger partial charge in [0.2, 0.25) is 0 Å². The molecule has 0 radical (unpaired) electrons. The molecular formula is C23H28FN3O. The lowest BCUT2D eigenvalue weighted by Gasteiger charge is -2.55. The molecule has 1 aromatic heterocycles. The molecule has 3 aliphatic heterocycles. The van der Waals surface area contributed by atoms with E-state index in [1.54, 1.807) is 7.11 Å². The monoisotopic (exact) mass is 381 g/mol. The molecule has 0 N–H and O–H groups in total. The summed E-state index contributed by atoms with van der Waals surface area (Å²) < 4.78 is 18.6. The molecule has 4 nitrogen and oxygen atoms in total.